The highest BCUT2D eigenvalue weighted by molar-refractivity contribution is 7.19. The van der Waals surface area contributed by atoms with Crippen LogP contribution in [0.15, 0.2) is 6.07 Å². The van der Waals surface area contributed by atoms with Crippen LogP contribution < -0.4 is 5.73 Å². The standard InChI is InChI=1S/C11H14N2OS/c1-5-4-6(2)13-11-8(5)9(12)10(15-11)7(3)14/h4,7,14H,12H2,1-3H3. The lowest BCUT2D eigenvalue weighted by Gasteiger charge is -2.02. The van der Waals surface area contributed by atoms with Gasteiger partial charge in [0.15, 0.2) is 0 Å². The Bertz CT molecular complexity index is 517. The third-order valence-corrected chi connectivity index (χ3v) is 3.70. The molecule has 2 aromatic rings. The summed E-state index contributed by atoms with van der Waals surface area (Å²) in [7, 11) is 0. The lowest BCUT2D eigenvalue weighted by Crippen LogP contribution is -1.94. The van der Waals surface area contributed by atoms with Crippen molar-refractivity contribution >= 4 is 27.2 Å². The molecule has 0 radical (unpaired) electrons. The van der Waals surface area contributed by atoms with Gasteiger partial charge in [0, 0.05) is 11.1 Å². The van der Waals surface area contributed by atoms with Gasteiger partial charge in [0.1, 0.15) is 4.83 Å². The quantitative estimate of drug-likeness (QED) is 0.779. The Morgan fingerprint density at radius 2 is 2.13 bits per heavy atom. The maximum absolute atomic E-state index is 9.57. The number of hydrogen-bond acceptors (Lipinski definition) is 4. The number of nitrogens with zero attached hydrogens (tertiary/aromatic N) is 1. The lowest BCUT2D eigenvalue weighted by atomic mass is 10.1. The molecule has 3 nitrogen and oxygen atoms in total. The number of aliphatic hydroxyl groups excluding tert-OH is 1. The summed E-state index contributed by atoms with van der Waals surface area (Å²) in [6, 6.07) is 2.01. The van der Waals surface area contributed by atoms with Crippen molar-refractivity contribution in [3.8, 4) is 0 Å². The molecule has 0 spiro atoms. The van der Waals surface area contributed by atoms with Gasteiger partial charge in [0.05, 0.1) is 16.7 Å². The fourth-order valence-corrected chi connectivity index (χ4v) is 2.95. The van der Waals surface area contributed by atoms with Gasteiger partial charge in [0.2, 0.25) is 0 Å². The smallest absolute Gasteiger partial charge is 0.126 e. The van der Waals surface area contributed by atoms with Crippen LogP contribution in [0, 0.1) is 13.8 Å². The van der Waals surface area contributed by atoms with Gasteiger partial charge in [-0.05, 0) is 32.4 Å². The van der Waals surface area contributed by atoms with E-state index in [0.29, 0.717) is 5.69 Å². The molecule has 2 rings (SSSR count). The monoisotopic (exact) mass is 222 g/mol. The van der Waals surface area contributed by atoms with E-state index in [4.69, 9.17) is 5.73 Å². The summed E-state index contributed by atoms with van der Waals surface area (Å²) >= 11 is 1.47. The van der Waals surface area contributed by atoms with Crippen molar-refractivity contribution in [2.75, 3.05) is 5.73 Å². The fourth-order valence-electron chi connectivity index (χ4n) is 1.80. The second-order valence-corrected chi connectivity index (χ2v) is 4.85. The highest BCUT2D eigenvalue weighted by Crippen LogP contribution is 2.38. The molecule has 0 fully saturated rings. The number of aromatic nitrogens is 1. The number of thiophene rings is 1. The van der Waals surface area contributed by atoms with Gasteiger partial charge in [-0.2, -0.15) is 0 Å². The molecular formula is C11H14N2OS. The van der Waals surface area contributed by atoms with Crippen molar-refractivity contribution < 1.29 is 5.11 Å². The lowest BCUT2D eigenvalue weighted by molar-refractivity contribution is 0.204. The maximum Gasteiger partial charge on any atom is 0.126 e. The molecule has 0 saturated heterocycles. The third kappa shape index (κ3) is 1.60. The summed E-state index contributed by atoms with van der Waals surface area (Å²) in [6.45, 7) is 5.71. The van der Waals surface area contributed by atoms with E-state index in [1.165, 1.54) is 11.3 Å². The number of nitrogen functional groups attached to an aromatic ring is 1. The van der Waals surface area contributed by atoms with Gasteiger partial charge in [-0.25, -0.2) is 4.98 Å². The molecule has 0 amide bonds. The molecule has 1 atom stereocenters. The van der Waals surface area contributed by atoms with Crippen molar-refractivity contribution in [2.24, 2.45) is 0 Å². The van der Waals surface area contributed by atoms with Crippen LogP contribution in [-0.4, -0.2) is 10.1 Å². The zero-order valence-corrected chi connectivity index (χ0v) is 9.85. The first-order valence-electron chi connectivity index (χ1n) is 4.85. The molecule has 4 heteroatoms. The van der Waals surface area contributed by atoms with E-state index >= 15 is 0 Å². The second-order valence-electron chi connectivity index (χ2n) is 3.82. The first-order chi connectivity index (χ1) is 7.00. The summed E-state index contributed by atoms with van der Waals surface area (Å²) in [4.78, 5) is 6.16. The minimum atomic E-state index is -0.524. The van der Waals surface area contributed by atoms with E-state index in [1.54, 1.807) is 6.92 Å². The van der Waals surface area contributed by atoms with E-state index in [-0.39, 0.29) is 0 Å². The van der Waals surface area contributed by atoms with E-state index in [0.717, 1.165) is 26.4 Å². The van der Waals surface area contributed by atoms with Gasteiger partial charge < -0.3 is 10.8 Å². The molecule has 0 aliphatic carbocycles. The normalized spacial score (nSPS) is 13.3. The van der Waals surface area contributed by atoms with E-state index in [1.807, 2.05) is 19.9 Å². The van der Waals surface area contributed by atoms with Crippen molar-refractivity contribution in [3.63, 3.8) is 0 Å². The average molecular weight is 222 g/mol. The van der Waals surface area contributed by atoms with E-state index in [9.17, 15) is 5.11 Å². The van der Waals surface area contributed by atoms with Gasteiger partial charge in [0.25, 0.3) is 0 Å². The Morgan fingerprint density at radius 3 is 2.73 bits per heavy atom. The molecule has 2 heterocycles. The van der Waals surface area contributed by atoms with Crippen LogP contribution in [-0.2, 0) is 0 Å². The second kappa shape index (κ2) is 3.47. The SMILES string of the molecule is Cc1cc(C)c2c(N)c(C(C)O)sc2n1. The van der Waals surface area contributed by atoms with E-state index in [2.05, 4.69) is 4.98 Å². The van der Waals surface area contributed by atoms with Crippen LogP contribution in [0.1, 0.15) is 29.2 Å². The Morgan fingerprint density at radius 1 is 1.47 bits per heavy atom. The van der Waals surface area contributed by atoms with Crippen LogP contribution in [0.4, 0.5) is 5.69 Å². The van der Waals surface area contributed by atoms with E-state index < -0.39 is 6.10 Å². The third-order valence-electron chi connectivity index (χ3n) is 2.43. The number of aliphatic hydroxyl groups is 1. The molecule has 0 aliphatic heterocycles. The number of pyridine rings is 1. The molecule has 1 unspecified atom stereocenters. The molecule has 0 bridgehead atoms. The predicted octanol–water partition coefficient (Wildman–Crippen LogP) is 2.55. The molecule has 0 aromatic carbocycles. The van der Waals surface area contributed by atoms with Crippen molar-refractivity contribution in [1.29, 1.82) is 0 Å². The fraction of sp³-hybridized carbons (Fsp3) is 0.364. The number of nitrogens with two attached hydrogens (primary N) is 1. The summed E-state index contributed by atoms with van der Waals surface area (Å²) in [6.07, 6.45) is -0.524. The molecular weight excluding hydrogens is 208 g/mol. The highest BCUT2D eigenvalue weighted by Gasteiger charge is 2.15. The van der Waals surface area contributed by atoms with Crippen molar-refractivity contribution in [1.82, 2.24) is 4.98 Å². The zero-order valence-electron chi connectivity index (χ0n) is 9.03. The summed E-state index contributed by atoms with van der Waals surface area (Å²) in [5.74, 6) is 0. The summed E-state index contributed by atoms with van der Waals surface area (Å²) in [5.41, 5.74) is 8.79. The topological polar surface area (TPSA) is 59.1 Å². The first-order valence-corrected chi connectivity index (χ1v) is 5.66. The summed E-state index contributed by atoms with van der Waals surface area (Å²) in [5, 5.41) is 10.6. The van der Waals surface area contributed by atoms with Crippen LogP contribution in [0.5, 0.6) is 0 Å². The number of hydrogen-bond donors (Lipinski definition) is 2. The highest BCUT2D eigenvalue weighted by atomic mass is 32.1. The van der Waals surface area contributed by atoms with Gasteiger partial charge in [-0.3, -0.25) is 0 Å². The summed E-state index contributed by atoms with van der Waals surface area (Å²) < 4.78 is 0. The molecule has 15 heavy (non-hydrogen) atoms. The largest absolute Gasteiger partial charge is 0.397 e. The number of anilines is 1. The molecule has 0 aliphatic rings. The average Bonchev–Trinajstić information content (AvgIpc) is 2.42. The zero-order chi connectivity index (χ0) is 11.2. The first kappa shape index (κ1) is 10.4. The molecule has 2 aromatic heterocycles. The Kier molecular flexibility index (Phi) is 2.40. The Balaban J connectivity index is 2.82. The number of aryl methyl sites for hydroxylation is 2. The predicted molar refractivity (Wildman–Crippen MR) is 64.1 cm³/mol. The number of fused-ring (bicyclic) bond motifs is 1. The van der Waals surface area contributed by atoms with Crippen molar-refractivity contribution in [2.45, 2.75) is 26.9 Å². The van der Waals surface area contributed by atoms with Crippen LogP contribution in [0.2, 0.25) is 0 Å². The molecule has 3 N–H and O–H groups in total. The minimum absolute atomic E-state index is 0.524. The molecule has 80 valence electrons. The number of rotatable bonds is 1. The maximum atomic E-state index is 9.57. The van der Waals surface area contributed by atoms with Crippen molar-refractivity contribution in [3.05, 3.63) is 22.2 Å². The Hall–Kier alpha value is -1.13. The van der Waals surface area contributed by atoms with Crippen LogP contribution in [0.25, 0.3) is 10.2 Å². The van der Waals surface area contributed by atoms with Crippen LogP contribution >= 0.6 is 11.3 Å². The van der Waals surface area contributed by atoms with Gasteiger partial charge in [-0.1, -0.05) is 0 Å². The van der Waals surface area contributed by atoms with Gasteiger partial charge >= 0.3 is 0 Å². The minimum Gasteiger partial charge on any atom is -0.397 e. The van der Waals surface area contributed by atoms with Crippen LogP contribution in [0.3, 0.4) is 0 Å². The Labute approximate surface area is 92.6 Å². The molecule has 0 saturated carbocycles. The van der Waals surface area contributed by atoms with Gasteiger partial charge in [-0.15, -0.1) is 11.3 Å².